The zero-order valence-corrected chi connectivity index (χ0v) is 15.6. The van der Waals surface area contributed by atoms with Crippen LogP contribution in [0.25, 0.3) is 0 Å². The fourth-order valence-electron chi connectivity index (χ4n) is 1.95. The smallest absolute Gasteiger partial charge is 0.251 e. The molecule has 4 N–H and O–H groups in total. The Morgan fingerprint density at radius 2 is 1.96 bits per heavy atom. The van der Waals surface area contributed by atoms with Gasteiger partial charge in [-0.3, -0.25) is 9.59 Å². The first-order chi connectivity index (χ1) is 10.3. The van der Waals surface area contributed by atoms with Gasteiger partial charge in [0.15, 0.2) is 0 Å². The summed E-state index contributed by atoms with van der Waals surface area (Å²) >= 11 is 1.66. The molecule has 23 heavy (non-hydrogen) atoms. The predicted octanol–water partition coefficient (Wildman–Crippen LogP) is 2.57. The lowest BCUT2D eigenvalue weighted by Crippen LogP contribution is -2.36. The van der Waals surface area contributed by atoms with Crippen molar-refractivity contribution >= 4 is 41.7 Å². The van der Waals surface area contributed by atoms with Crippen LogP contribution in [0.15, 0.2) is 18.2 Å². The van der Waals surface area contributed by atoms with Gasteiger partial charge >= 0.3 is 0 Å². The summed E-state index contributed by atoms with van der Waals surface area (Å²) in [5, 5.41) is 5.65. The number of aryl methyl sites for hydroxylation is 1. The summed E-state index contributed by atoms with van der Waals surface area (Å²) in [5.41, 5.74) is 7.91. The third-order valence-electron chi connectivity index (χ3n) is 3.13. The summed E-state index contributed by atoms with van der Waals surface area (Å²) in [5.74, 6) is 0.539. The van der Waals surface area contributed by atoms with Gasteiger partial charge in [-0.2, -0.15) is 11.8 Å². The van der Waals surface area contributed by atoms with Crippen LogP contribution in [0.3, 0.4) is 0 Å². The van der Waals surface area contributed by atoms with Gasteiger partial charge in [-0.05, 0) is 63.0 Å². The number of hydrogen-bond donors (Lipinski definition) is 3. The number of carbonyl (C=O) groups excluding carboxylic acids is 2. The largest absolute Gasteiger partial charge is 0.350 e. The molecule has 0 heterocycles. The minimum absolute atomic E-state index is 0. The highest BCUT2D eigenvalue weighted by Gasteiger charge is 2.15. The third-order valence-corrected chi connectivity index (χ3v) is 3.77. The van der Waals surface area contributed by atoms with Crippen molar-refractivity contribution in [2.45, 2.75) is 39.3 Å². The Labute approximate surface area is 148 Å². The first-order valence-corrected chi connectivity index (χ1v) is 8.71. The van der Waals surface area contributed by atoms with Crippen LogP contribution in [-0.2, 0) is 4.79 Å². The fourth-order valence-corrected chi connectivity index (χ4v) is 2.44. The summed E-state index contributed by atoms with van der Waals surface area (Å²) in [6.45, 7) is 5.67. The van der Waals surface area contributed by atoms with Gasteiger partial charge in [0.1, 0.15) is 0 Å². The van der Waals surface area contributed by atoms with Gasteiger partial charge in [0.05, 0.1) is 6.04 Å². The number of rotatable bonds is 7. The van der Waals surface area contributed by atoms with Gasteiger partial charge in [0.2, 0.25) is 5.91 Å². The number of carbonyl (C=O) groups is 2. The first-order valence-electron chi connectivity index (χ1n) is 7.32. The molecule has 0 unspecified atom stereocenters. The molecule has 0 aromatic heterocycles. The maximum absolute atomic E-state index is 12.0. The molecule has 1 atom stereocenters. The van der Waals surface area contributed by atoms with Crippen molar-refractivity contribution in [1.29, 1.82) is 0 Å². The van der Waals surface area contributed by atoms with E-state index in [1.165, 1.54) is 0 Å². The van der Waals surface area contributed by atoms with Crippen molar-refractivity contribution in [2.75, 3.05) is 17.3 Å². The number of nitrogens with two attached hydrogens (primary N) is 1. The van der Waals surface area contributed by atoms with Crippen LogP contribution in [0.2, 0.25) is 0 Å². The van der Waals surface area contributed by atoms with Crippen molar-refractivity contribution in [1.82, 2.24) is 5.32 Å². The molecule has 5 nitrogen and oxygen atoms in total. The molecule has 0 radical (unpaired) electrons. The van der Waals surface area contributed by atoms with Gasteiger partial charge in [0, 0.05) is 17.3 Å². The monoisotopic (exact) mass is 359 g/mol. The number of halogens is 1. The molecule has 7 heteroatoms. The Morgan fingerprint density at radius 1 is 1.30 bits per heavy atom. The molecule has 1 rings (SSSR count). The van der Waals surface area contributed by atoms with Gasteiger partial charge in [0.25, 0.3) is 5.91 Å². The van der Waals surface area contributed by atoms with Gasteiger partial charge in [-0.25, -0.2) is 0 Å². The molecule has 0 aliphatic rings. The van der Waals surface area contributed by atoms with Gasteiger partial charge < -0.3 is 16.4 Å². The molecule has 1 aromatic rings. The molecule has 0 saturated heterocycles. The van der Waals surface area contributed by atoms with Crippen LogP contribution in [-0.4, -0.2) is 35.9 Å². The maximum Gasteiger partial charge on any atom is 0.251 e. The Morgan fingerprint density at radius 3 is 2.48 bits per heavy atom. The highest BCUT2D eigenvalue weighted by atomic mass is 35.5. The highest BCUT2D eigenvalue weighted by molar-refractivity contribution is 7.98. The normalized spacial score (nSPS) is 11.6. The number of benzene rings is 1. The average Bonchev–Trinajstić information content (AvgIpc) is 2.43. The van der Waals surface area contributed by atoms with E-state index in [9.17, 15) is 9.59 Å². The molecule has 130 valence electrons. The number of nitrogens with one attached hydrogen (secondary N) is 2. The molecular weight excluding hydrogens is 334 g/mol. The molecular formula is C16H26ClN3O2S. The van der Waals surface area contributed by atoms with E-state index in [0.717, 1.165) is 11.3 Å². The summed E-state index contributed by atoms with van der Waals surface area (Å²) in [7, 11) is 0. The van der Waals surface area contributed by atoms with Crippen molar-refractivity contribution in [2.24, 2.45) is 5.73 Å². The van der Waals surface area contributed by atoms with Crippen LogP contribution in [0.4, 0.5) is 5.69 Å². The second-order valence-electron chi connectivity index (χ2n) is 5.54. The minimum Gasteiger partial charge on any atom is -0.350 e. The summed E-state index contributed by atoms with van der Waals surface area (Å²) in [6, 6.07) is 4.80. The van der Waals surface area contributed by atoms with Gasteiger partial charge in [-0.1, -0.05) is 0 Å². The minimum atomic E-state index is -0.517. The molecule has 1 aromatic carbocycles. The van der Waals surface area contributed by atoms with Crippen LogP contribution in [0.5, 0.6) is 0 Å². The lowest BCUT2D eigenvalue weighted by molar-refractivity contribution is -0.117. The summed E-state index contributed by atoms with van der Waals surface area (Å²) < 4.78 is 0. The van der Waals surface area contributed by atoms with Crippen molar-refractivity contribution in [3.63, 3.8) is 0 Å². The second kappa shape index (κ2) is 10.5. The standard InChI is InChI=1S/C16H25N3O2S.ClH/c1-10(2)18-15(20)13-6-5-12(9-11(13)3)19-16(21)14(17)7-8-22-4;/h5-6,9-10,14H,7-8,17H2,1-4H3,(H,18,20)(H,19,21);1H/t14-;/m0./s1. The number of hydrogen-bond acceptors (Lipinski definition) is 4. The topological polar surface area (TPSA) is 84.2 Å². The number of amides is 2. The predicted molar refractivity (Wildman–Crippen MR) is 101 cm³/mol. The zero-order valence-electron chi connectivity index (χ0n) is 14.0. The summed E-state index contributed by atoms with van der Waals surface area (Å²) in [6.07, 6.45) is 2.62. The molecule has 0 aliphatic carbocycles. The van der Waals surface area contributed by atoms with E-state index in [0.29, 0.717) is 17.7 Å². The quantitative estimate of drug-likeness (QED) is 0.698. The van der Waals surface area contributed by atoms with E-state index < -0.39 is 6.04 Å². The molecule has 0 fully saturated rings. The Kier molecular flexibility index (Phi) is 9.95. The Bertz CT molecular complexity index is 538. The van der Waals surface area contributed by atoms with E-state index in [1.54, 1.807) is 30.0 Å². The van der Waals surface area contributed by atoms with E-state index >= 15 is 0 Å². The fraction of sp³-hybridized carbons (Fsp3) is 0.500. The van der Waals surface area contributed by atoms with E-state index in [2.05, 4.69) is 10.6 Å². The van der Waals surface area contributed by atoms with Gasteiger partial charge in [-0.15, -0.1) is 12.4 Å². The van der Waals surface area contributed by atoms with Crippen LogP contribution < -0.4 is 16.4 Å². The van der Waals surface area contributed by atoms with E-state index in [1.807, 2.05) is 27.0 Å². The second-order valence-corrected chi connectivity index (χ2v) is 6.52. The maximum atomic E-state index is 12.0. The Hall–Kier alpha value is -1.24. The Balaban J connectivity index is 0.00000484. The lowest BCUT2D eigenvalue weighted by atomic mass is 10.1. The first kappa shape index (κ1) is 21.8. The van der Waals surface area contributed by atoms with Crippen LogP contribution in [0, 0.1) is 6.92 Å². The lowest BCUT2D eigenvalue weighted by Gasteiger charge is -2.14. The van der Waals surface area contributed by atoms with E-state index in [4.69, 9.17) is 5.73 Å². The average molecular weight is 360 g/mol. The van der Waals surface area contributed by atoms with Crippen molar-refractivity contribution in [3.05, 3.63) is 29.3 Å². The SMILES string of the molecule is CSCC[C@H](N)C(=O)Nc1ccc(C(=O)NC(C)C)c(C)c1.Cl. The van der Waals surface area contributed by atoms with Crippen LogP contribution in [0.1, 0.15) is 36.2 Å². The molecule has 0 saturated carbocycles. The van der Waals surface area contributed by atoms with Crippen molar-refractivity contribution < 1.29 is 9.59 Å². The molecule has 0 aliphatic heterocycles. The number of anilines is 1. The van der Waals surface area contributed by atoms with Crippen LogP contribution >= 0.6 is 24.2 Å². The molecule has 0 bridgehead atoms. The summed E-state index contributed by atoms with van der Waals surface area (Å²) in [4.78, 5) is 24.0. The molecule has 2 amide bonds. The number of thioether (sulfide) groups is 1. The molecule has 0 spiro atoms. The highest BCUT2D eigenvalue weighted by Crippen LogP contribution is 2.16. The zero-order chi connectivity index (χ0) is 16.7. The van der Waals surface area contributed by atoms with Crippen molar-refractivity contribution in [3.8, 4) is 0 Å². The van der Waals surface area contributed by atoms with E-state index in [-0.39, 0.29) is 30.3 Å². The third kappa shape index (κ3) is 7.24.